The lowest BCUT2D eigenvalue weighted by atomic mass is 9.97. The van der Waals surface area contributed by atoms with Crippen LogP contribution in [0.15, 0.2) is 0 Å². The Kier molecular flexibility index (Phi) is 3.27. The van der Waals surface area contributed by atoms with Crippen molar-refractivity contribution in [2.24, 2.45) is 5.92 Å². The van der Waals surface area contributed by atoms with Gasteiger partial charge < -0.3 is 10.0 Å². The Morgan fingerprint density at radius 3 is 2.48 bits per heavy atom. The van der Waals surface area contributed by atoms with Crippen molar-refractivity contribution in [2.75, 3.05) is 18.0 Å². The van der Waals surface area contributed by atoms with Crippen LogP contribution in [-0.4, -0.2) is 43.7 Å². The van der Waals surface area contributed by atoms with E-state index in [2.05, 4.69) is 15.1 Å². The number of carboxylic acid groups (broad SMARTS) is 1. The first-order chi connectivity index (χ1) is 9.97. The molecule has 1 saturated heterocycles. The monoisotopic (exact) mass is 289 g/mol. The fourth-order valence-electron chi connectivity index (χ4n) is 2.71. The smallest absolute Gasteiger partial charge is 0.306 e. The van der Waals surface area contributed by atoms with Crippen LogP contribution >= 0.6 is 0 Å². The summed E-state index contributed by atoms with van der Waals surface area (Å²) in [7, 11) is 0. The van der Waals surface area contributed by atoms with Crippen LogP contribution in [0, 0.1) is 26.7 Å². The summed E-state index contributed by atoms with van der Waals surface area (Å²) in [5.41, 5.74) is 3.11. The zero-order chi connectivity index (χ0) is 15.1. The number of carbonyl (C=O) groups is 1. The molecule has 0 amide bonds. The van der Waals surface area contributed by atoms with Crippen LogP contribution in [-0.2, 0) is 4.79 Å². The molecule has 1 aliphatic heterocycles. The Hall–Kier alpha value is -2.18. The quantitative estimate of drug-likeness (QED) is 0.898. The molecule has 0 spiro atoms. The van der Waals surface area contributed by atoms with Gasteiger partial charge in [-0.05, 0) is 39.2 Å². The van der Waals surface area contributed by atoms with Gasteiger partial charge in [-0.2, -0.15) is 9.50 Å². The molecule has 2 aromatic rings. The zero-order valence-corrected chi connectivity index (χ0v) is 12.5. The van der Waals surface area contributed by atoms with Gasteiger partial charge >= 0.3 is 5.97 Å². The molecule has 21 heavy (non-hydrogen) atoms. The molecule has 112 valence electrons. The molecule has 0 bridgehead atoms. The van der Waals surface area contributed by atoms with Crippen molar-refractivity contribution in [1.29, 1.82) is 0 Å². The van der Waals surface area contributed by atoms with Crippen molar-refractivity contribution in [3.8, 4) is 0 Å². The predicted octanol–water partition coefficient (Wildman–Crippen LogP) is 1.35. The van der Waals surface area contributed by atoms with Gasteiger partial charge in [0.15, 0.2) is 0 Å². The second kappa shape index (κ2) is 4.98. The molecule has 0 aliphatic carbocycles. The molecule has 0 radical (unpaired) electrons. The predicted molar refractivity (Wildman–Crippen MR) is 77.6 cm³/mol. The molecule has 1 aliphatic rings. The second-order valence-electron chi connectivity index (χ2n) is 5.63. The molecule has 0 saturated carbocycles. The van der Waals surface area contributed by atoms with Crippen LogP contribution < -0.4 is 4.90 Å². The van der Waals surface area contributed by atoms with E-state index in [0.717, 1.165) is 17.0 Å². The van der Waals surface area contributed by atoms with Crippen molar-refractivity contribution < 1.29 is 9.90 Å². The maximum atomic E-state index is 11.0. The number of carboxylic acids is 1. The number of rotatable bonds is 2. The Labute approximate surface area is 122 Å². The molecule has 7 heteroatoms. The molecule has 1 N–H and O–H groups in total. The first kappa shape index (κ1) is 13.8. The van der Waals surface area contributed by atoms with Crippen LogP contribution in [0.4, 0.5) is 5.95 Å². The Morgan fingerprint density at radius 2 is 1.86 bits per heavy atom. The Morgan fingerprint density at radius 1 is 1.19 bits per heavy atom. The van der Waals surface area contributed by atoms with E-state index >= 15 is 0 Å². The van der Waals surface area contributed by atoms with E-state index in [1.165, 1.54) is 0 Å². The Balaban J connectivity index is 1.89. The highest BCUT2D eigenvalue weighted by atomic mass is 16.4. The third-order valence-corrected chi connectivity index (χ3v) is 4.38. The number of hydrogen-bond donors (Lipinski definition) is 1. The number of anilines is 1. The average molecular weight is 289 g/mol. The summed E-state index contributed by atoms with van der Waals surface area (Å²) >= 11 is 0. The van der Waals surface area contributed by atoms with Crippen molar-refractivity contribution in [1.82, 2.24) is 19.6 Å². The summed E-state index contributed by atoms with van der Waals surface area (Å²) in [5, 5.41) is 13.6. The summed E-state index contributed by atoms with van der Waals surface area (Å²) in [5.74, 6) is 0.286. The molecule has 3 heterocycles. The third-order valence-electron chi connectivity index (χ3n) is 4.38. The van der Waals surface area contributed by atoms with Crippen LogP contribution in [0.5, 0.6) is 0 Å². The number of hydrogen-bond acceptors (Lipinski definition) is 5. The lowest BCUT2D eigenvalue weighted by Crippen LogP contribution is -2.36. The topological polar surface area (TPSA) is 83.6 Å². The average Bonchev–Trinajstić information content (AvgIpc) is 2.89. The minimum atomic E-state index is -0.707. The number of aromatic nitrogens is 4. The van der Waals surface area contributed by atoms with Crippen molar-refractivity contribution in [2.45, 2.75) is 33.6 Å². The van der Waals surface area contributed by atoms with Crippen LogP contribution in [0.25, 0.3) is 5.78 Å². The highest BCUT2D eigenvalue weighted by molar-refractivity contribution is 5.70. The normalized spacial score (nSPS) is 16.6. The Bertz CT molecular complexity index is 701. The van der Waals surface area contributed by atoms with Gasteiger partial charge in [0.25, 0.3) is 5.78 Å². The SMILES string of the molecule is Cc1nc2nc(N3CCC(C(=O)O)CC3)nn2c(C)c1C. The fourth-order valence-corrected chi connectivity index (χ4v) is 2.71. The molecule has 0 atom stereocenters. The van der Waals surface area contributed by atoms with Gasteiger partial charge in [-0.15, -0.1) is 5.10 Å². The third kappa shape index (κ3) is 2.32. The molecule has 0 unspecified atom stereocenters. The first-order valence-electron chi connectivity index (χ1n) is 7.15. The number of fused-ring (bicyclic) bond motifs is 1. The summed E-state index contributed by atoms with van der Waals surface area (Å²) in [6.45, 7) is 7.34. The van der Waals surface area contributed by atoms with Gasteiger partial charge in [-0.1, -0.05) is 0 Å². The molecule has 3 rings (SSSR count). The second-order valence-corrected chi connectivity index (χ2v) is 5.63. The van der Waals surface area contributed by atoms with Crippen molar-refractivity contribution in [3.05, 3.63) is 17.0 Å². The maximum Gasteiger partial charge on any atom is 0.306 e. The highest BCUT2D eigenvalue weighted by Crippen LogP contribution is 2.22. The van der Waals surface area contributed by atoms with Crippen LogP contribution in [0.3, 0.4) is 0 Å². The van der Waals surface area contributed by atoms with E-state index in [9.17, 15) is 4.79 Å². The number of aryl methyl sites for hydroxylation is 2. The molecule has 0 aromatic carbocycles. The standard InChI is InChI=1S/C14H19N5O2/c1-8-9(2)15-13-16-14(17-19(13)10(8)3)18-6-4-11(5-7-18)12(20)21/h11H,4-7H2,1-3H3,(H,20,21). The summed E-state index contributed by atoms with van der Waals surface area (Å²) in [6, 6.07) is 0. The van der Waals surface area contributed by atoms with Gasteiger partial charge in [0.1, 0.15) is 0 Å². The maximum absolute atomic E-state index is 11.0. The lowest BCUT2D eigenvalue weighted by molar-refractivity contribution is -0.142. The van der Waals surface area contributed by atoms with E-state index in [1.807, 2.05) is 25.7 Å². The van der Waals surface area contributed by atoms with E-state index in [-0.39, 0.29) is 5.92 Å². The summed E-state index contributed by atoms with van der Waals surface area (Å²) < 4.78 is 1.76. The van der Waals surface area contributed by atoms with Gasteiger partial charge in [0, 0.05) is 24.5 Å². The minimum absolute atomic E-state index is 0.248. The number of aliphatic carboxylic acids is 1. The highest BCUT2D eigenvalue weighted by Gasteiger charge is 2.26. The van der Waals surface area contributed by atoms with Gasteiger partial charge in [-0.25, -0.2) is 4.98 Å². The fraction of sp³-hybridized carbons (Fsp3) is 0.571. The van der Waals surface area contributed by atoms with E-state index < -0.39 is 5.97 Å². The number of piperidine rings is 1. The van der Waals surface area contributed by atoms with Crippen LogP contribution in [0.2, 0.25) is 0 Å². The van der Waals surface area contributed by atoms with E-state index in [4.69, 9.17) is 5.11 Å². The summed E-state index contributed by atoms with van der Waals surface area (Å²) in [6.07, 6.45) is 1.27. The molecule has 1 fully saturated rings. The zero-order valence-electron chi connectivity index (χ0n) is 12.5. The van der Waals surface area contributed by atoms with E-state index in [0.29, 0.717) is 37.7 Å². The van der Waals surface area contributed by atoms with Crippen LogP contribution in [0.1, 0.15) is 29.8 Å². The molecular formula is C14H19N5O2. The van der Waals surface area contributed by atoms with Gasteiger partial charge in [0.05, 0.1) is 5.92 Å². The summed E-state index contributed by atoms with van der Waals surface area (Å²) in [4.78, 5) is 22.0. The van der Waals surface area contributed by atoms with E-state index in [1.54, 1.807) is 4.52 Å². The lowest BCUT2D eigenvalue weighted by Gasteiger charge is -2.28. The minimum Gasteiger partial charge on any atom is -0.481 e. The van der Waals surface area contributed by atoms with Crippen molar-refractivity contribution >= 4 is 17.7 Å². The van der Waals surface area contributed by atoms with Gasteiger partial charge in [0.2, 0.25) is 5.95 Å². The van der Waals surface area contributed by atoms with Crippen molar-refractivity contribution in [3.63, 3.8) is 0 Å². The molecule has 2 aromatic heterocycles. The van der Waals surface area contributed by atoms with Gasteiger partial charge in [-0.3, -0.25) is 4.79 Å². The number of nitrogens with zero attached hydrogens (tertiary/aromatic N) is 5. The molecule has 7 nitrogen and oxygen atoms in total. The largest absolute Gasteiger partial charge is 0.481 e. The first-order valence-corrected chi connectivity index (χ1v) is 7.15. The molecular weight excluding hydrogens is 270 g/mol.